The largest absolute Gasteiger partial charge is 0.493 e. The number of hydrogen-bond acceptors (Lipinski definition) is 4. The maximum atomic E-state index is 12.2. The Morgan fingerprint density at radius 3 is 2.96 bits per heavy atom. The SMILES string of the molecule is Cc1cnc(C(C)(C)NC(=O)NCC2COc3ccccc3C2)s1. The zero-order valence-corrected chi connectivity index (χ0v) is 15.1. The van der Waals surface area contributed by atoms with E-state index in [1.807, 2.05) is 45.2 Å². The van der Waals surface area contributed by atoms with Crippen LogP contribution >= 0.6 is 11.3 Å². The minimum Gasteiger partial charge on any atom is -0.493 e. The van der Waals surface area contributed by atoms with Crippen LogP contribution in [-0.4, -0.2) is 24.2 Å². The second kappa shape index (κ2) is 6.81. The standard InChI is InChI=1S/C18H23N3O2S/c1-12-9-19-16(24-12)18(2,3)21-17(22)20-10-13-8-14-6-4-5-7-15(14)23-11-13/h4-7,9,13H,8,10-11H2,1-3H3,(H2,20,21,22). The molecule has 1 aliphatic heterocycles. The lowest BCUT2D eigenvalue weighted by Gasteiger charge is -2.27. The van der Waals surface area contributed by atoms with Gasteiger partial charge in [0, 0.05) is 23.5 Å². The molecule has 24 heavy (non-hydrogen) atoms. The Balaban J connectivity index is 1.51. The molecule has 2 amide bonds. The molecule has 2 heterocycles. The molecule has 1 atom stereocenters. The number of ether oxygens (including phenoxy) is 1. The molecule has 1 aromatic carbocycles. The van der Waals surface area contributed by atoms with Crippen LogP contribution in [0.15, 0.2) is 30.5 Å². The van der Waals surface area contributed by atoms with E-state index in [0.29, 0.717) is 13.2 Å². The van der Waals surface area contributed by atoms with Crippen molar-refractivity contribution >= 4 is 17.4 Å². The van der Waals surface area contributed by atoms with Crippen molar-refractivity contribution in [3.8, 4) is 5.75 Å². The highest BCUT2D eigenvalue weighted by Gasteiger charge is 2.27. The van der Waals surface area contributed by atoms with Gasteiger partial charge in [0.05, 0.1) is 12.1 Å². The summed E-state index contributed by atoms with van der Waals surface area (Å²) in [6.07, 6.45) is 2.75. The second-order valence-electron chi connectivity index (χ2n) is 6.72. The molecule has 0 spiro atoms. The van der Waals surface area contributed by atoms with Gasteiger partial charge in [0.2, 0.25) is 0 Å². The van der Waals surface area contributed by atoms with Gasteiger partial charge in [-0.2, -0.15) is 0 Å². The van der Waals surface area contributed by atoms with Crippen LogP contribution in [0.5, 0.6) is 5.75 Å². The van der Waals surface area contributed by atoms with Crippen molar-refractivity contribution in [3.05, 3.63) is 45.9 Å². The van der Waals surface area contributed by atoms with Gasteiger partial charge in [0.25, 0.3) is 0 Å². The first-order chi connectivity index (χ1) is 11.4. The summed E-state index contributed by atoms with van der Waals surface area (Å²) in [5.74, 6) is 1.24. The Morgan fingerprint density at radius 1 is 1.42 bits per heavy atom. The average molecular weight is 345 g/mol. The lowest BCUT2D eigenvalue weighted by Crippen LogP contribution is -2.48. The van der Waals surface area contributed by atoms with E-state index >= 15 is 0 Å². The van der Waals surface area contributed by atoms with E-state index in [0.717, 1.165) is 22.1 Å². The van der Waals surface area contributed by atoms with E-state index in [2.05, 4.69) is 21.7 Å². The number of aryl methyl sites for hydroxylation is 1. The number of amides is 2. The van der Waals surface area contributed by atoms with E-state index in [1.165, 1.54) is 5.56 Å². The molecule has 1 aromatic heterocycles. The number of para-hydroxylation sites is 1. The Hall–Kier alpha value is -2.08. The minimum absolute atomic E-state index is 0.174. The molecule has 6 heteroatoms. The van der Waals surface area contributed by atoms with Crippen LogP contribution in [0.4, 0.5) is 4.79 Å². The molecular formula is C18H23N3O2S. The zero-order chi connectivity index (χ0) is 17.2. The molecule has 1 aliphatic rings. The summed E-state index contributed by atoms with van der Waals surface area (Å²) in [6.45, 7) is 7.16. The predicted octanol–water partition coefficient (Wildman–Crippen LogP) is 3.24. The van der Waals surface area contributed by atoms with Gasteiger partial charge in [-0.15, -0.1) is 11.3 Å². The summed E-state index contributed by atoms with van der Waals surface area (Å²) >= 11 is 1.60. The van der Waals surface area contributed by atoms with Gasteiger partial charge in [-0.05, 0) is 38.8 Å². The Kier molecular flexibility index (Phi) is 4.76. The first kappa shape index (κ1) is 16.8. The maximum Gasteiger partial charge on any atom is 0.315 e. The molecule has 2 aromatic rings. The molecule has 1 unspecified atom stereocenters. The first-order valence-electron chi connectivity index (χ1n) is 8.13. The fourth-order valence-electron chi connectivity index (χ4n) is 2.78. The van der Waals surface area contributed by atoms with Gasteiger partial charge in [-0.3, -0.25) is 0 Å². The second-order valence-corrected chi connectivity index (χ2v) is 7.96. The molecule has 0 saturated carbocycles. The number of carbonyl (C=O) groups excluding carboxylic acids is 1. The summed E-state index contributed by atoms with van der Waals surface area (Å²) in [5.41, 5.74) is 0.716. The number of nitrogens with zero attached hydrogens (tertiary/aromatic N) is 1. The molecule has 0 saturated heterocycles. The Bertz CT molecular complexity index is 727. The minimum atomic E-state index is -0.487. The number of fused-ring (bicyclic) bond motifs is 1. The van der Waals surface area contributed by atoms with Gasteiger partial charge in [0.15, 0.2) is 0 Å². The third-order valence-corrected chi connectivity index (χ3v) is 5.33. The summed E-state index contributed by atoms with van der Waals surface area (Å²) < 4.78 is 5.76. The number of urea groups is 1. The number of nitrogens with one attached hydrogen (secondary N) is 2. The van der Waals surface area contributed by atoms with Gasteiger partial charge in [-0.1, -0.05) is 18.2 Å². The van der Waals surface area contributed by atoms with Crippen molar-refractivity contribution < 1.29 is 9.53 Å². The van der Waals surface area contributed by atoms with Gasteiger partial charge in [-0.25, -0.2) is 9.78 Å². The molecule has 2 N–H and O–H groups in total. The molecule has 5 nitrogen and oxygen atoms in total. The molecule has 128 valence electrons. The number of thiazole rings is 1. The average Bonchev–Trinajstić information content (AvgIpc) is 3.00. The fraction of sp³-hybridized carbons (Fsp3) is 0.444. The van der Waals surface area contributed by atoms with Crippen molar-refractivity contribution in [2.75, 3.05) is 13.2 Å². The Labute approximate surface area is 146 Å². The number of benzene rings is 1. The predicted molar refractivity (Wildman–Crippen MR) is 95.5 cm³/mol. The van der Waals surface area contributed by atoms with Gasteiger partial charge < -0.3 is 15.4 Å². The smallest absolute Gasteiger partial charge is 0.315 e. The number of rotatable bonds is 4. The van der Waals surface area contributed by atoms with Crippen molar-refractivity contribution in [1.29, 1.82) is 0 Å². The lowest BCUT2D eigenvalue weighted by molar-refractivity contribution is 0.207. The highest BCUT2D eigenvalue weighted by Crippen LogP contribution is 2.27. The molecule has 3 rings (SSSR count). The summed E-state index contributed by atoms with van der Waals surface area (Å²) in [5, 5.41) is 6.87. The van der Waals surface area contributed by atoms with E-state index < -0.39 is 5.54 Å². The van der Waals surface area contributed by atoms with E-state index in [4.69, 9.17) is 4.74 Å². The van der Waals surface area contributed by atoms with Crippen LogP contribution in [0.2, 0.25) is 0 Å². The molecule has 0 fully saturated rings. The highest BCUT2D eigenvalue weighted by molar-refractivity contribution is 7.11. The summed E-state index contributed by atoms with van der Waals surface area (Å²) in [7, 11) is 0. The number of hydrogen-bond donors (Lipinski definition) is 2. The summed E-state index contributed by atoms with van der Waals surface area (Å²) in [4.78, 5) is 17.7. The van der Waals surface area contributed by atoms with Crippen molar-refractivity contribution in [3.63, 3.8) is 0 Å². The van der Waals surface area contributed by atoms with Crippen LogP contribution in [-0.2, 0) is 12.0 Å². The van der Waals surface area contributed by atoms with Crippen molar-refractivity contribution in [1.82, 2.24) is 15.6 Å². The van der Waals surface area contributed by atoms with Crippen molar-refractivity contribution in [2.24, 2.45) is 5.92 Å². The van der Waals surface area contributed by atoms with Crippen LogP contribution in [0.3, 0.4) is 0 Å². The third-order valence-electron chi connectivity index (χ3n) is 4.09. The third kappa shape index (κ3) is 3.87. The number of aromatic nitrogens is 1. The van der Waals surface area contributed by atoms with E-state index in [-0.39, 0.29) is 11.9 Å². The van der Waals surface area contributed by atoms with Crippen LogP contribution in [0.1, 0.15) is 29.3 Å². The van der Waals surface area contributed by atoms with Crippen LogP contribution < -0.4 is 15.4 Å². The van der Waals surface area contributed by atoms with Crippen LogP contribution in [0.25, 0.3) is 0 Å². The maximum absolute atomic E-state index is 12.2. The lowest BCUT2D eigenvalue weighted by atomic mass is 9.97. The van der Waals surface area contributed by atoms with Crippen molar-refractivity contribution in [2.45, 2.75) is 32.7 Å². The molecule has 0 bridgehead atoms. The highest BCUT2D eigenvalue weighted by atomic mass is 32.1. The van der Waals surface area contributed by atoms with Crippen LogP contribution in [0, 0.1) is 12.8 Å². The van der Waals surface area contributed by atoms with Gasteiger partial charge >= 0.3 is 6.03 Å². The quantitative estimate of drug-likeness (QED) is 0.894. The zero-order valence-electron chi connectivity index (χ0n) is 14.3. The topological polar surface area (TPSA) is 63.2 Å². The summed E-state index contributed by atoms with van der Waals surface area (Å²) in [6, 6.07) is 7.89. The first-order valence-corrected chi connectivity index (χ1v) is 8.95. The van der Waals surface area contributed by atoms with E-state index in [9.17, 15) is 4.79 Å². The van der Waals surface area contributed by atoms with Gasteiger partial charge in [0.1, 0.15) is 10.8 Å². The fourth-order valence-corrected chi connectivity index (χ4v) is 3.61. The molecular weight excluding hydrogens is 322 g/mol. The monoisotopic (exact) mass is 345 g/mol. The number of carbonyl (C=O) groups is 1. The molecule has 0 radical (unpaired) electrons. The normalized spacial score (nSPS) is 16.9. The molecule has 0 aliphatic carbocycles. The Morgan fingerprint density at radius 2 is 2.21 bits per heavy atom. The van der Waals surface area contributed by atoms with E-state index in [1.54, 1.807) is 11.3 Å².